The maximum atomic E-state index is 13.2. The van der Waals surface area contributed by atoms with E-state index in [-0.39, 0.29) is 23.8 Å². The van der Waals surface area contributed by atoms with Crippen LogP contribution < -0.4 is 4.90 Å². The third-order valence-corrected chi connectivity index (χ3v) is 6.10. The molecule has 0 saturated heterocycles. The van der Waals surface area contributed by atoms with Gasteiger partial charge < -0.3 is 9.64 Å². The van der Waals surface area contributed by atoms with Gasteiger partial charge in [0.25, 0.3) is 0 Å². The van der Waals surface area contributed by atoms with Crippen LogP contribution in [-0.2, 0) is 9.53 Å². The van der Waals surface area contributed by atoms with Gasteiger partial charge in [-0.2, -0.15) is 0 Å². The quantitative estimate of drug-likeness (QED) is 0.407. The molecule has 0 bridgehead atoms. The number of benzene rings is 2. The molecule has 2 aromatic carbocycles. The van der Waals surface area contributed by atoms with Crippen LogP contribution in [0.4, 0.5) is 5.69 Å². The number of ether oxygens (including phenoxy) is 1. The molecular formula is C24H23Cl2NO2. The molecule has 0 saturated carbocycles. The van der Waals surface area contributed by atoms with Gasteiger partial charge in [0.05, 0.1) is 18.6 Å². The Morgan fingerprint density at radius 2 is 1.72 bits per heavy atom. The molecule has 0 unspecified atom stereocenters. The molecule has 3 nitrogen and oxygen atoms in total. The molecule has 0 N–H and O–H groups in total. The van der Waals surface area contributed by atoms with Gasteiger partial charge in [0.15, 0.2) is 0 Å². The van der Waals surface area contributed by atoms with Crippen LogP contribution in [0.2, 0.25) is 10.0 Å². The third kappa shape index (κ3) is 4.08. The van der Waals surface area contributed by atoms with E-state index in [1.807, 2.05) is 55.5 Å². The molecule has 4 rings (SSSR count). The molecule has 0 spiro atoms. The fraction of sp³-hybridized carbons (Fsp3) is 0.292. The summed E-state index contributed by atoms with van der Waals surface area (Å²) in [5, 5.41) is 1.35. The second-order valence-electron chi connectivity index (χ2n) is 7.35. The number of hydrogen-bond donors (Lipinski definition) is 0. The van der Waals surface area contributed by atoms with Gasteiger partial charge in [-0.05, 0) is 67.3 Å². The first-order valence-corrected chi connectivity index (χ1v) is 10.7. The predicted octanol–water partition coefficient (Wildman–Crippen LogP) is 6.58. The zero-order valence-electron chi connectivity index (χ0n) is 16.2. The van der Waals surface area contributed by atoms with Crippen molar-refractivity contribution in [3.63, 3.8) is 0 Å². The van der Waals surface area contributed by atoms with Crippen LogP contribution in [0.15, 0.2) is 72.5 Å². The topological polar surface area (TPSA) is 29.5 Å². The summed E-state index contributed by atoms with van der Waals surface area (Å²) in [5.74, 6) is -0.482. The lowest BCUT2D eigenvalue weighted by Crippen LogP contribution is -2.43. The molecule has 1 aliphatic heterocycles. The summed E-state index contributed by atoms with van der Waals surface area (Å²) in [6.07, 6.45) is 8.46. The van der Waals surface area contributed by atoms with Gasteiger partial charge in [-0.3, -0.25) is 4.79 Å². The summed E-state index contributed by atoms with van der Waals surface area (Å²) in [4.78, 5) is 15.4. The highest BCUT2D eigenvalue weighted by Gasteiger charge is 2.44. The van der Waals surface area contributed by atoms with Crippen molar-refractivity contribution < 1.29 is 9.53 Å². The zero-order chi connectivity index (χ0) is 20.4. The van der Waals surface area contributed by atoms with Crippen molar-refractivity contribution >= 4 is 34.9 Å². The standard InChI is InChI=1S/C24H23Cl2NO2/c1-2-29-24(28)22-21-6-4-3-5-17(21)15-27(20-13-11-19(26)12-14-20)23(22)16-7-9-18(25)10-8-16/h4,6-15,21-23H,2-3,5H2,1H3/t21-,22-,23-/m1/s1. The van der Waals surface area contributed by atoms with Gasteiger partial charge in [-0.25, -0.2) is 0 Å². The maximum absolute atomic E-state index is 13.2. The second kappa shape index (κ2) is 8.64. The van der Waals surface area contributed by atoms with E-state index in [1.165, 1.54) is 5.57 Å². The van der Waals surface area contributed by atoms with Crippen LogP contribution in [0.25, 0.3) is 0 Å². The van der Waals surface area contributed by atoms with Crippen molar-refractivity contribution in [1.29, 1.82) is 0 Å². The van der Waals surface area contributed by atoms with E-state index in [9.17, 15) is 4.79 Å². The van der Waals surface area contributed by atoms with E-state index in [0.29, 0.717) is 16.7 Å². The van der Waals surface area contributed by atoms with Gasteiger partial charge >= 0.3 is 5.97 Å². The van der Waals surface area contributed by atoms with Crippen LogP contribution in [0.1, 0.15) is 31.4 Å². The number of carbonyl (C=O) groups excluding carboxylic acids is 1. The SMILES string of the molecule is CCOC(=O)[C@@H]1[C@@H]2C=CCCC2=CN(c2ccc(Cl)cc2)[C@@H]1c1ccc(Cl)cc1. The molecule has 2 aliphatic rings. The molecule has 150 valence electrons. The average Bonchev–Trinajstić information content (AvgIpc) is 2.74. The molecule has 5 heteroatoms. The van der Waals surface area contributed by atoms with Crippen LogP contribution in [0, 0.1) is 11.8 Å². The van der Waals surface area contributed by atoms with E-state index in [1.54, 1.807) is 0 Å². The molecular weight excluding hydrogens is 405 g/mol. The van der Waals surface area contributed by atoms with E-state index >= 15 is 0 Å². The van der Waals surface area contributed by atoms with Crippen molar-refractivity contribution in [2.75, 3.05) is 11.5 Å². The highest BCUT2D eigenvalue weighted by molar-refractivity contribution is 6.30. The smallest absolute Gasteiger partial charge is 0.312 e. The van der Waals surface area contributed by atoms with Gasteiger partial charge in [-0.1, -0.05) is 47.5 Å². The van der Waals surface area contributed by atoms with Crippen molar-refractivity contribution in [3.8, 4) is 0 Å². The lowest BCUT2D eigenvalue weighted by Gasteiger charge is -2.44. The Hall–Kier alpha value is -2.23. The summed E-state index contributed by atoms with van der Waals surface area (Å²) in [5.41, 5.74) is 3.27. The molecule has 0 amide bonds. The Labute approximate surface area is 181 Å². The molecule has 0 fully saturated rings. The number of hydrogen-bond acceptors (Lipinski definition) is 3. The molecule has 2 aromatic rings. The van der Waals surface area contributed by atoms with Crippen molar-refractivity contribution in [1.82, 2.24) is 0 Å². The van der Waals surface area contributed by atoms with E-state index in [2.05, 4.69) is 23.3 Å². The largest absolute Gasteiger partial charge is 0.466 e. The van der Waals surface area contributed by atoms with E-state index < -0.39 is 0 Å². The second-order valence-corrected chi connectivity index (χ2v) is 8.23. The summed E-state index contributed by atoms with van der Waals surface area (Å²) < 4.78 is 5.54. The normalized spacial score (nSPS) is 23.3. The fourth-order valence-corrected chi connectivity index (χ4v) is 4.55. The Morgan fingerprint density at radius 3 is 2.38 bits per heavy atom. The number of nitrogens with zero attached hydrogens (tertiary/aromatic N) is 1. The minimum absolute atomic E-state index is 0.0343. The lowest BCUT2D eigenvalue weighted by atomic mass is 9.72. The first kappa shape index (κ1) is 20.1. The summed E-state index contributed by atoms with van der Waals surface area (Å²) in [6, 6.07) is 15.3. The molecule has 1 aliphatic carbocycles. The third-order valence-electron chi connectivity index (χ3n) is 5.60. The zero-order valence-corrected chi connectivity index (χ0v) is 17.7. The fourth-order valence-electron chi connectivity index (χ4n) is 4.30. The molecule has 0 aromatic heterocycles. The lowest BCUT2D eigenvalue weighted by molar-refractivity contribution is -0.150. The van der Waals surface area contributed by atoms with E-state index in [0.717, 1.165) is 24.1 Å². The van der Waals surface area contributed by atoms with Crippen LogP contribution in [0.3, 0.4) is 0 Å². The first-order valence-electron chi connectivity index (χ1n) is 9.91. The Bertz CT molecular complexity index is 934. The number of esters is 1. The number of rotatable bonds is 4. The predicted molar refractivity (Wildman–Crippen MR) is 118 cm³/mol. The monoisotopic (exact) mass is 427 g/mol. The number of fused-ring (bicyclic) bond motifs is 1. The Kier molecular flexibility index (Phi) is 5.98. The van der Waals surface area contributed by atoms with Crippen molar-refractivity contribution in [2.24, 2.45) is 11.8 Å². The molecule has 29 heavy (non-hydrogen) atoms. The first-order chi connectivity index (χ1) is 14.1. The van der Waals surface area contributed by atoms with Crippen LogP contribution in [0.5, 0.6) is 0 Å². The number of anilines is 1. The van der Waals surface area contributed by atoms with Gasteiger partial charge in [0.2, 0.25) is 0 Å². The number of carbonyl (C=O) groups is 1. The van der Waals surface area contributed by atoms with Gasteiger partial charge in [0, 0.05) is 27.9 Å². The maximum Gasteiger partial charge on any atom is 0.312 e. The van der Waals surface area contributed by atoms with Crippen molar-refractivity contribution in [2.45, 2.75) is 25.8 Å². The van der Waals surface area contributed by atoms with Crippen molar-refractivity contribution in [3.05, 3.63) is 88.1 Å². The highest BCUT2D eigenvalue weighted by atomic mass is 35.5. The van der Waals surface area contributed by atoms with Gasteiger partial charge in [0.1, 0.15) is 0 Å². The van der Waals surface area contributed by atoms with Crippen LogP contribution >= 0.6 is 23.2 Å². The minimum Gasteiger partial charge on any atom is -0.466 e. The average molecular weight is 428 g/mol. The number of halogens is 2. The summed E-state index contributed by atoms with van der Waals surface area (Å²) in [7, 11) is 0. The molecule has 1 heterocycles. The molecule has 0 radical (unpaired) electrons. The van der Waals surface area contributed by atoms with Crippen LogP contribution in [-0.4, -0.2) is 12.6 Å². The van der Waals surface area contributed by atoms with E-state index in [4.69, 9.17) is 27.9 Å². The Morgan fingerprint density at radius 1 is 1.07 bits per heavy atom. The minimum atomic E-state index is -0.344. The van der Waals surface area contributed by atoms with Gasteiger partial charge in [-0.15, -0.1) is 0 Å². The summed E-state index contributed by atoms with van der Waals surface area (Å²) >= 11 is 12.3. The number of allylic oxidation sites excluding steroid dienone is 3. The summed E-state index contributed by atoms with van der Waals surface area (Å²) in [6.45, 7) is 2.21. The molecule has 3 atom stereocenters. The Balaban J connectivity index is 1.88. The highest BCUT2D eigenvalue weighted by Crippen LogP contribution is 2.47.